The molecule has 0 radical (unpaired) electrons. The van der Waals surface area contributed by atoms with E-state index in [4.69, 9.17) is 15.2 Å². The Balaban J connectivity index is 0.00000338. The number of ether oxygens (including phenoxy) is 2. The van der Waals surface area contributed by atoms with Crippen LogP contribution in [0.15, 0.2) is 23.3 Å². The number of nitrogens with one attached hydrogen (secondary N) is 1. The SMILES string of the molecule is I.NC(=NCc1cccnc1OCC(F)F)NCCCN1CCOCC1. The number of rotatable bonds is 9. The minimum Gasteiger partial charge on any atom is -0.471 e. The van der Waals surface area contributed by atoms with Crippen LogP contribution in [0, 0.1) is 0 Å². The van der Waals surface area contributed by atoms with Gasteiger partial charge in [0.05, 0.1) is 19.8 Å². The molecule has 0 bridgehead atoms. The summed E-state index contributed by atoms with van der Waals surface area (Å²) in [5, 5.41) is 3.05. The van der Waals surface area contributed by atoms with E-state index in [1.54, 1.807) is 12.1 Å². The van der Waals surface area contributed by atoms with Crippen molar-refractivity contribution in [3.05, 3.63) is 23.9 Å². The summed E-state index contributed by atoms with van der Waals surface area (Å²) in [5.74, 6) is 0.470. The molecule has 1 aromatic heterocycles. The molecule has 0 amide bonds. The highest BCUT2D eigenvalue weighted by molar-refractivity contribution is 14.0. The van der Waals surface area contributed by atoms with Crippen molar-refractivity contribution in [3.8, 4) is 5.88 Å². The third-order valence-electron chi connectivity index (χ3n) is 3.68. The predicted octanol–water partition coefficient (Wildman–Crippen LogP) is 1.47. The first kappa shape index (κ1) is 22.8. The van der Waals surface area contributed by atoms with E-state index in [1.165, 1.54) is 6.20 Å². The Morgan fingerprint density at radius 1 is 1.42 bits per heavy atom. The van der Waals surface area contributed by atoms with E-state index in [9.17, 15) is 8.78 Å². The minimum absolute atomic E-state index is 0. The van der Waals surface area contributed by atoms with Crippen LogP contribution in [0.2, 0.25) is 0 Å². The zero-order chi connectivity index (χ0) is 17.9. The molecule has 1 aromatic rings. The minimum atomic E-state index is -2.54. The number of aliphatic imine (C=N–C) groups is 1. The van der Waals surface area contributed by atoms with Gasteiger partial charge in [-0.1, -0.05) is 6.07 Å². The van der Waals surface area contributed by atoms with Crippen molar-refractivity contribution in [1.82, 2.24) is 15.2 Å². The molecule has 3 N–H and O–H groups in total. The summed E-state index contributed by atoms with van der Waals surface area (Å²) in [6.45, 7) is 4.73. The summed E-state index contributed by atoms with van der Waals surface area (Å²) < 4.78 is 34.8. The van der Waals surface area contributed by atoms with Gasteiger partial charge >= 0.3 is 0 Å². The van der Waals surface area contributed by atoms with Crippen molar-refractivity contribution in [2.24, 2.45) is 10.7 Å². The third kappa shape index (κ3) is 8.90. The maximum atomic E-state index is 12.3. The summed E-state index contributed by atoms with van der Waals surface area (Å²) in [7, 11) is 0. The molecular weight excluding hydrogens is 459 g/mol. The molecule has 1 fully saturated rings. The third-order valence-corrected chi connectivity index (χ3v) is 3.68. The number of hydrogen-bond acceptors (Lipinski definition) is 5. The first-order chi connectivity index (χ1) is 12.1. The molecule has 1 saturated heterocycles. The lowest BCUT2D eigenvalue weighted by Crippen LogP contribution is -2.39. The summed E-state index contributed by atoms with van der Waals surface area (Å²) in [5.41, 5.74) is 6.45. The Labute approximate surface area is 169 Å². The van der Waals surface area contributed by atoms with Crippen molar-refractivity contribution in [2.45, 2.75) is 19.4 Å². The molecule has 0 unspecified atom stereocenters. The lowest BCUT2D eigenvalue weighted by molar-refractivity contribution is 0.0376. The Morgan fingerprint density at radius 3 is 2.92 bits per heavy atom. The first-order valence-corrected chi connectivity index (χ1v) is 8.34. The maximum absolute atomic E-state index is 12.3. The van der Waals surface area contributed by atoms with Gasteiger partial charge in [-0.05, 0) is 19.0 Å². The smallest absolute Gasteiger partial charge is 0.272 e. The fourth-order valence-electron chi connectivity index (χ4n) is 2.39. The van der Waals surface area contributed by atoms with E-state index in [0.717, 1.165) is 39.3 Å². The maximum Gasteiger partial charge on any atom is 0.272 e. The van der Waals surface area contributed by atoms with Gasteiger partial charge in [-0.15, -0.1) is 24.0 Å². The van der Waals surface area contributed by atoms with E-state index >= 15 is 0 Å². The van der Waals surface area contributed by atoms with Crippen LogP contribution in [0.1, 0.15) is 12.0 Å². The largest absolute Gasteiger partial charge is 0.471 e. The van der Waals surface area contributed by atoms with Crippen LogP contribution in [0.25, 0.3) is 0 Å². The zero-order valence-corrected chi connectivity index (χ0v) is 16.9. The van der Waals surface area contributed by atoms with Gasteiger partial charge < -0.3 is 20.5 Å². The number of hydrogen-bond donors (Lipinski definition) is 2. The van der Waals surface area contributed by atoms with E-state index in [0.29, 0.717) is 18.1 Å². The Bertz CT molecular complexity index is 545. The average molecular weight is 485 g/mol. The second-order valence-corrected chi connectivity index (χ2v) is 5.61. The van der Waals surface area contributed by atoms with E-state index in [-0.39, 0.29) is 36.4 Å². The summed E-state index contributed by atoms with van der Waals surface area (Å²) in [6, 6.07) is 3.43. The standard InChI is InChI=1S/C16H25F2N5O2.HI/c17-14(18)12-25-15-13(3-1-4-20-15)11-22-16(19)21-5-2-6-23-7-9-24-10-8-23;/h1,3-4,14H,2,5-12H2,(H3,19,21,22);1H. The quantitative estimate of drug-likeness (QED) is 0.239. The van der Waals surface area contributed by atoms with Gasteiger partial charge in [0.25, 0.3) is 6.43 Å². The average Bonchev–Trinajstić information content (AvgIpc) is 2.63. The molecule has 0 saturated carbocycles. The van der Waals surface area contributed by atoms with Crippen molar-refractivity contribution in [2.75, 3.05) is 46.0 Å². The number of halogens is 3. The molecule has 0 aromatic carbocycles. The molecule has 1 aliphatic rings. The monoisotopic (exact) mass is 485 g/mol. The van der Waals surface area contributed by atoms with Gasteiger partial charge in [-0.2, -0.15) is 0 Å². The van der Waals surface area contributed by atoms with Crippen molar-refractivity contribution >= 4 is 29.9 Å². The van der Waals surface area contributed by atoms with Crippen LogP contribution in [0.4, 0.5) is 8.78 Å². The normalized spacial score (nSPS) is 15.6. The Morgan fingerprint density at radius 2 is 2.19 bits per heavy atom. The number of morpholine rings is 1. The van der Waals surface area contributed by atoms with Crippen molar-refractivity contribution in [3.63, 3.8) is 0 Å². The molecule has 7 nitrogen and oxygen atoms in total. The molecule has 26 heavy (non-hydrogen) atoms. The number of guanidine groups is 1. The fourth-order valence-corrected chi connectivity index (χ4v) is 2.39. The molecule has 10 heteroatoms. The molecule has 0 aliphatic carbocycles. The highest BCUT2D eigenvalue weighted by atomic mass is 127. The topological polar surface area (TPSA) is 85.0 Å². The Kier molecular flexibility index (Phi) is 11.4. The van der Waals surface area contributed by atoms with Gasteiger partial charge in [0.2, 0.25) is 5.88 Å². The highest BCUT2D eigenvalue weighted by Gasteiger charge is 2.10. The van der Waals surface area contributed by atoms with Gasteiger partial charge in [0.1, 0.15) is 0 Å². The number of pyridine rings is 1. The predicted molar refractivity (Wildman–Crippen MR) is 106 cm³/mol. The molecule has 0 atom stereocenters. The van der Waals surface area contributed by atoms with Crippen molar-refractivity contribution < 1.29 is 18.3 Å². The summed E-state index contributed by atoms with van der Waals surface area (Å²) >= 11 is 0. The molecule has 2 rings (SSSR count). The van der Waals surface area contributed by atoms with Gasteiger partial charge in [0, 0.05) is 31.4 Å². The second kappa shape index (κ2) is 13.0. The highest BCUT2D eigenvalue weighted by Crippen LogP contribution is 2.16. The summed E-state index contributed by atoms with van der Waals surface area (Å²) in [6.07, 6.45) is -0.107. The molecule has 0 spiro atoms. The van der Waals surface area contributed by atoms with Crippen molar-refractivity contribution in [1.29, 1.82) is 0 Å². The zero-order valence-electron chi connectivity index (χ0n) is 14.6. The van der Waals surface area contributed by atoms with E-state index in [1.807, 2.05) is 0 Å². The molecular formula is C16H26F2IN5O2. The van der Waals surface area contributed by atoms with Crippen LogP contribution in [0.3, 0.4) is 0 Å². The van der Waals surface area contributed by atoms with Crippen LogP contribution in [-0.2, 0) is 11.3 Å². The van der Waals surface area contributed by atoms with Crippen LogP contribution in [-0.4, -0.2) is 68.3 Å². The van der Waals surface area contributed by atoms with E-state index in [2.05, 4.69) is 20.2 Å². The lowest BCUT2D eigenvalue weighted by atomic mass is 10.3. The fraction of sp³-hybridized carbons (Fsp3) is 0.625. The van der Waals surface area contributed by atoms with Crippen LogP contribution >= 0.6 is 24.0 Å². The number of alkyl halides is 2. The van der Waals surface area contributed by atoms with E-state index < -0.39 is 13.0 Å². The second-order valence-electron chi connectivity index (χ2n) is 5.61. The molecule has 148 valence electrons. The number of nitrogens with zero attached hydrogens (tertiary/aromatic N) is 3. The lowest BCUT2D eigenvalue weighted by Gasteiger charge is -2.26. The molecule has 1 aliphatic heterocycles. The Hall–Kier alpha value is -1.27. The van der Waals surface area contributed by atoms with Crippen LogP contribution < -0.4 is 15.8 Å². The van der Waals surface area contributed by atoms with Gasteiger partial charge in [-0.3, -0.25) is 4.90 Å². The number of aromatic nitrogens is 1. The number of nitrogens with two attached hydrogens (primary N) is 1. The summed E-state index contributed by atoms with van der Waals surface area (Å²) in [4.78, 5) is 10.5. The van der Waals surface area contributed by atoms with Gasteiger partial charge in [-0.25, -0.2) is 18.8 Å². The van der Waals surface area contributed by atoms with Crippen LogP contribution in [0.5, 0.6) is 5.88 Å². The van der Waals surface area contributed by atoms with Gasteiger partial charge in [0.15, 0.2) is 12.6 Å². The first-order valence-electron chi connectivity index (χ1n) is 8.34. The molecule has 2 heterocycles.